The number of sulfonamides is 1. The Morgan fingerprint density at radius 3 is 2.48 bits per heavy atom. The summed E-state index contributed by atoms with van der Waals surface area (Å²) in [5.74, 6) is 1.20. The fourth-order valence-corrected chi connectivity index (χ4v) is 4.78. The molecule has 0 bridgehead atoms. The van der Waals surface area contributed by atoms with E-state index in [2.05, 4.69) is 0 Å². The average Bonchev–Trinajstić information content (AvgIpc) is 3.25. The first-order valence-corrected chi connectivity index (χ1v) is 11.8. The van der Waals surface area contributed by atoms with Gasteiger partial charge in [-0.05, 0) is 30.3 Å². The normalized spacial score (nSPS) is 16.6. The van der Waals surface area contributed by atoms with Gasteiger partial charge in [-0.3, -0.25) is 4.79 Å². The van der Waals surface area contributed by atoms with E-state index in [4.69, 9.17) is 14.5 Å². The third kappa shape index (κ3) is 3.70. The molecule has 31 heavy (non-hydrogen) atoms. The van der Waals surface area contributed by atoms with Crippen molar-refractivity contribution in [3.05, 3.63) is 54.1 Å². The van der Waals surface area contributed by atoms with Crippen molar-refractivity contribution in [2.45, 2.75) is 0 Å². The molecule has 5 rings (SSSR count). The average molecular weight is 439 g/mol. The molecule has 0 N–H and O–H groups in total. The predicted octanol–water partition coefficient (Wildman–Crippen LogP) is 2.35. The van der Waals surface area contributed by atoms with Crippen LogP contribution in [0.2, 0.25) is 0 Å². The van der Waals surface area contributed by atoms with Crippen LogP contribution in [0, 0.1) is 0 Å². The Kier molecular flexibility index (Phi) is 4.79. The quantitative estimate of drug-likeness (QED) is 0.623. The van der Waals surface area contributed by atoms with Gasteiger partial charge >= 0.3 is 0 Å². The molecule has 3 aromatic rings. The molecule has 2 aliphatic heterocycles. The zero-order valence-corrected chi connectivity index (χ0v) is 17.8. The topological polar surface area (TPSA) is 89.0 Å². The summed E-state index contributed by atoms with van der Waals surface area (Å²) in [5, 5.41) is 0.766. The molecule has 1 aromatic heterocycles. The lowest BCUT2D eigenvalue weighted by Crippen LogP contribution is -2.50. The molecule has 1 amide bonds. The molecule has 2 aromatic carbocycles. The molecule has 2 aliphatic rings. The Morgan fingerprint density at radius 1 is 0.968 bits per heavy atom. The minimum atomic E-state index is -3.26. The number of rotatable bonds is 3. The number of benzene rings is 2. The number of hydrogen-bond acceptors (Lipinski definition) is 6. The van der Waals surface area contributed by atoms with Gasteiger partial charge in [0, 0.05) is 37.1 Å². The lowest BCUT2D eigenvalue weighted by Gasteiger charge is -2.33. The van der Waals surface area contributed by atoms with E-state index in [1.54, 1.807) is 11.0 Å². The summed E-state index contributed by atoms with van der Waals surface area (Å²) in [4.78, 5) is 19.9. The molecule has 3 heterocycles. The second-order valence-electron chi connectivity index (χ2n) is 7.59. The van der Waals surface area contributed by atoms with E-state index in [0.29, 0.717) is 48.9 Å². The summed E-state index contributed by atoms with van der Waals surface area (Å²) < 4.78 is 35.8. The molecule has 8 nitrogen and oxygen atoms in total. The van der Waals surface area contributed by atoms with Gasteiger partial charge in [0.05, 0.1) is 23.0 Å². The number of para-hydroxylation sites is 1. The Balaban J connectivity index is 1.52. The van der Waals surface area contributed by atoms with Crippen molar-refractivity contribution < 1.29 is 22.7 Å². The minimum absolute atomic E-state index is 0.131. The van der Waals surface area contributed by atoms with Gasteiger partial charge in [0.1, 0.15) is 0 Å². The summed E-state index contributed by atoms with van der Waals surface area (Å²) in [6, 6.07) is 14.9. The summed E-state index contributed by atoms with van der Waals surface area (Å²) in [6.45, 7) is 1.47. The molecule has 0 spiro atoms. The zero-order valence-electron chi connectivity index (χ0n) is 16.9. The molecule has 0 atom stereocenters. The van der Waals surface area contributed by atoms with Crippen molar-refractivity contribution >= 4 is 26.8 Å². The second kappa shape index (κ2) is 7.51. The van der Waals surface area contributed by atoms with E-state index in [1.165, 1.54) is 10.6 Å². The van der Waals surface area contributed by atoms with E-state index < -0.39 is 10.0 Å². The fraction of sp³-hybridized carbons (Fsp3) is 0.273. The standard InChI is InChI=1S/C22H21N3O5S/c1-31(27,28)25-10-8-24(9-11-25)22(26)17-13-19(23-18-5-3-2-4-16(17)18)15-6-7-20-21(12-15)30-14-29-20/h2-7,12-13H,8-11,14H2,1H3. The number of hydrogen-bond donors (Lipinski definition) is 0. The van der Waals surface area contributed by atoms with Gasteiger partial charge in [0.15, 0.2) is 11.5 Å². The highest BCUT2D eigenvalue weighted by atomic mass is 32.2. The molecule has 0 radical (unpaired) electrons. The molecule has 1 saturated heterocycles. The minimum Gasteiger partial charge on any atom is -0.454 e. The number of piperazine rings is 1. The first-order chi connectivity index (χ1) is 14.9. The van der Waals surface area contributed by atoms with Crippen LogP contribution in [-0.4, -0.2) is 67.7 Å². The number of pyridine rings is 1. The van der Waals surface area contributed by atoms with Crippen LogP contribution in [0.1, 0.15) is 10.4 Å². The third-order valence-electron chi connectivity index (χ3n) is 5.61. The number of carbonyl (C=O) groups excluding carboxylic acids is 1. The number of nitrogens with zero attached hydrogens (tertiary/aromatic N) is 3. The second-order valence-corrected chi connectivity index (χ2v) is 9.58. The number of fused-ring (bicyclic) bond motifs is 2. The van der Waals surface area contributed by atoms with Gasteiger partial charge < -0.3 is 14.4 Å². The summed E-state index contributed by atoms with van der Waals surface area (Å²) in [7, 11) is -3.26. The van der Waals surface area contributed by atoms with Crippen LogP contribution in [0.4, 0.5) is 0 Å². The van der Waals surface area contributed by atoms with Gasteiger partial charge in [-0.1, -0.05) is 18.2 Å². The number of amides is 1. The predicted molar refractivity (Wildman–Crippen MR) is 116 cm³/mol. The van der Waals surface area contributed by atoms with E-state index in [0.717, 1.165) is 16.5 Å². The monoisotopic (exact) mass is 439 g/mol. The lowest BCUT2D eigenvalue weighted by molar-refractivity contribution is 0.0700. The molecule has 160 valence electrons. The van der Waals surface area contributed by atoms with Crippen molar-refractivity contribution in [1.82, 2.24) is 14.2 Å². The van der Waals surface area contributed by atoms with E-state index >= 15 is 0 Å². The van der Waals surface area contributed by atoms with E-state index in [-0.39, 0.29) is 12.7 Å². The van der Waals surface area contributed by atoms with Gasteiger partial charge in [-0.15, -0.1) is 0 Å². The highest BCUT2D eigenvalue weighted by Crippen LogP contribution is 2.36. The highest BCUT2D eigenvalue weighted by molar-refractivity contribution is 7.88. The van der Waals surface area contributed by atoms with Crippen LogP contribution < -0.4 is 9.47 Å². The molecular formula is C22H21N3O5S. The molecule has 0 aliphatic carbocycles. The van der Waals surface area contributed by atoms with Crippen molar-refractivity contribution in [2.24, 2.45) is 0 Å². The van der Waals surface area contributed by atoms with E-state index in [9.17, 15) is 13.2 Å². The number of aromatic nitrogens is 1. The third-order valence-corrected chi connectivity index (χ3v) is 6.91. The van der Waals surface area contributed by atoms with Gasteiger partial charge in [-0.2, -0.15) is 4.31 Å². The van der Waals surface area contributed by atoms with E-state index in [1.807, 2.05) is 42.5 Å². The smallest absolute Gasteiger partial charge is 0.254 e. The van der Waals surface area contributed by atoms with Gasteiger partial charge in [0.2, 0.25) is 16.8 Å². The van der Waals surface area contributed by atoms with Crippen LogP contribution in [-0.2, 0) is 10.0 Å². The van der Waals surface area contributed by atoms with Crippen molar-refractivity contribution in [2.75, 3.05) is 39.2 Å². The Morgan fingerprint density at radius 2 is 1.71 bits per heavy atom. The SMILES string of the molecule is CS(=O)(=O)N1CCN(C(=O)c2cc(-c3ccc4c(c3)OCO4)nc3ccccc23)CC1. The Bertz CT molecular complexity index is 1280. The first kappa shape index (κ1) is 19.8. The fourth-order valence-electron chi connectivity index (χ4n) is 3.95. The van der Waals surface area contributed by atoms with Gasteiger partial charge in [-0.25, -0.2) is 13.4 Å². The molecule has 0 unspecified atom stereocenters. The molecule has 0 saturated carbocycles. The highest BCUT2D eigenvalue weighted by Gasteiger charge is 2.28. The van der Waals surface area contributed by atoms with Crippen molar-refractivity contribution in [1.29, 1.82) is 0 Å². The van der Waals surface area contributed by atoms with Crippen LogP contribution in [0.25, 0.3) is 22.2 Å². The Labute approximate surface area is 180 Å². The Hall–Kier alpha value is -3.17. The summed E-state index contributed by atoms with van der Waals surface area (Å²) >= 11 is 0. The first-order valence-electron chi connectivity index (χ1n) is 9.94. The van der Waals surface area contributed by atoms with Crippen LogP contribution >= 0.6 is 0 Å². The summed E-state index contributed by atoms with van der Waals surface area (Å²) in [5.41, 5.74) is 2.75. The molecule has 9 heteroatoms. The maximum atomic E-state index is 13.4. The number of ether oxygens (including phenoxy) is 2. The maximum Gasteiger partial charge on any atom is 0.254 e. The van der Waals surface area contributed by atoms with Crippen LogP contribution in [0.15, 0.2) is 48.5 Å². The van der Waals surface area contributed by atoms with Crippen LogP contribution in [0.3, 0.4) is 0 Å². The van der Waals surface area contributed by atoms with Crippen molar-refractivity contribution in [3.8, 4) is 22.8 Å². The molecular weight excluding hydrogens is 418 g/mol. The van der Waals surface area contributed by atoms with Gasteiger partial charge in [0.25, 0.3) is 5.91 Å². The van der Waals surface area contributed by atoms with Crippen LogP contribution in [0.5, 0.6) is 11.5 Å². The molecule has 1 fully saturated rings. The number of carbonyl (C=O) groups is 1. The maximum absolute atomic E-state index is 13.4. The summed E-state index contributed by atoms with van der Waals surface area (Å²) in [6.07, 6.45) is 1.19. The lowest BCUT2D eigenvalue weighted by atomic mass is 10.0. The zero-order chi connectivity index (χ0) is 21.6. The largest absolute Gasteiger partial charge is 0.454 e. The van der Waals surface area contributed by atoms with Crippen molar-refractivity contribution in [3.63, 3.8) is 0 Å².